The number of hydrogen-bond donors (Lipinski definition) is 0. The number of carbonyl (C=O) groups excluding carboxylic acids is 1. The van der Waals surface area contributed by atoms with Crippen molar-refractivity contribution in [2.75, 3.05) is 0 Å². The van der Waals surface area contributed by atoms with Gasteiger partial charge in [-0.05, 0) is 43.4 Å². The topological polar surface area (TPSA) is 17.1 Å². The highest BCUT2D eigenvalue weighted by Gasteiger charge is 2.20. The predicted molar refractivity (Wildman–Crippen MR) is 66.5 cm³/mol. The molecule has 0 unspecified atom stereocenters. The zero-order valence-corrected chi connectivity index (χ0v) is 10.2. The molecule has 0 aromatic heterocycles. The molecule has 2 rings (SSSR count). The van der Waals surface area contributed by atoms with E-state index >= 15 is 0 Å². The summed E-state index contributed by atoms with van der Waals surface area (Å²) in [5, 5.41) is 0. The minimum Gasteiger partial charge on any atom is -0.289 e. The van der Waals surface area contributed by atoms with Gasteiger partial charge in [0, 0.05) is 0 Å². The van der Waals surface area contributed by atoms with Gasteiger partial charge in [0.1, 0.15) is 11.6 Å². The Morgan fingerprint density at radius 1 is 1.00 bits per heavy atom. The second kappa shape index (κ2) is 5.89. The number of hydrogen-bond acceptors (Lipinski definition) is 1. The maximum atomic E-state index is 13.5. The first-order valence-electron chi connectivity index (χ1n) is 6.38. The van der Waals surface area contributed by atoms with Crippen LogP contribution in [0.1, 0.15) is 48.9 Å². The van der Waals surface area contributed by atoms with E-state index in [2.05, 4.69) is 0 Å². The van der Waals surface area contributed by atoms with E-state index < -0.39 is 23.0 Å². The molecule has 1 aromatic rings. The first-order chi connectivity index (χ1) is 8.70. The molecule has 0 saturated heterocycles. The molecule has 1 aliphatic carbocycles. The summed E-state index contributed by atoms with van der Waals surface area (Å²) in [7, 11) is 0. The van der Waals surface area contributed by atoms with Crippen molar-refractivity contribution >= 4 is 5.78 Å². The van der Waals surface area contributed by atoms with Crippen LogP contribution in [0.15, 0.2) is 29.8 Å². The Morgan fingerprint density at radius 2 is 1.67 bits per heavy atom. The molecule has 18 heavy (non-hydrogen) atoms. The van der Waals surface area contributed by atoms with E-state index in [-0.39, 0.29) is 0 Å². The number of ketones is 1. The molecule has 1 aliphatic rings. The van der Waals surface area contributed by atoms with Gasteiger partial charge in [-0.1, -0.05) is 25.0 Å². The predicted octanol–water partition coefficient (Wildman–Crippen LogP) is 4.43. The number of allylic oxidation sites excluding steroid dienone is 2. The highest BCUT2D eigenvalue weighted by molar-refractivity contribution is 6.09. The Morgan fingerprint density at radius 3 is 2.39 bits per heavy atom. The average Bonchev–Trinajstić information content (AvgIpc) is 2.27. The molecule has 0 N–H and O–H groups in total. The summed E-state index contributed by atoms with van der Waals surface area (Å²) in [6.45, 7) is 0. The van der Waals surface area contributed by atoms with Gasteiger partial charge in [0.05, 0.1) is 5.56 Å². The Balaban J connectivity index is 2.29. The lowest BCUT2D eigenvalue weighted by Crippen LogP contribution is -2.10. The summed E-state index contributed by atoms with van der Waals surface area (Å²) in [4.78, 5) is 12.2. The van der Waals surface area contributed by atoms with Crippen LogP contribution < -0.4 is 0 Å². The van der Waals surface area contributed by atoms with Gasteiger partial charge in [-0.25, -0.2) is 8.78 Å². The zero-order valence-electron chi connectivity index (χ0n) is 10.2. The molecule has 96 valence electrons. The lowest BCUT2D eigenvalue weighted by Gasteiger charge is -2.11. The van der Waals surface area contributed by atoms with Gasteiger partial charge in [0.15, 0.2) is 5.78 Å². The Labute approximate surface area is 106 Å². The first-order valence-corrected chi connectivity index (χ1v) is 6.38. The highest BCUT2D eigenvalue weighted by Crippen LogP contribution is 2.23. The first kappa shape index (κ1) is 12.9. The van der Waals surface area contributed by atoms with Crippen LogP contribution in [0.3, 0.4) is 0 Å². The quantitative estimate of drug-likeness (QED) is 0.710. The van der Waals surface area contributed by atoms with E-state index in [1.807, 2.05) is 6.08 Å². The van der Waals surface area contributed by atoms with E-state index in [9.17, 15) is 13.6 Å². The third-order valence-corrected chi connectivity index (χ3v) is 3.27. The van der Waals surface area contributed by atoms with Crippen molar-refractivity contribution in [3.63, 3.8) is 0 Å². The monoisotopic (exact) mass is 250 g/mol. The lowest BCUT2D eigenvalue weighted by molar-refractivity contribution is 0.102. The van der Waals surface area contributed by atoms with Crippen molar-refractivity contribution in [3.05, 3.63) is 47.0 Å². The average molecular weight is 250 g/mol. The summed E-state index contributed by atoms with van der Waals surface area (Å²) in [6.07, 6.45) is 7.46. The Hall–Kier alpha value is -1.51. The molecule has 0 saturated carbocycles. The van der Waals surface area contributed by atoms with Gasteiger partial charge in [-0.15, -0.1) is 0 Å². The van der Waals surface area contributed by atoms with Crippen LogP contribution in [0, 0.1) is 11.6 Å². The molecule has 0 atom stereocenters. The van der Waals surface area contributed by atoms with Gasteiger partial charge in [0.2, 0.25) is 0 Å². The fraction of sp³-hybridized carbons (Fsp3) is 0.400. The molecular weight excluding hydrogens is 234 g/mol. The van der Waals surface area contributed by atoms with Gasteiger partial charge in [-0.2, -0.15) is 0 Å². The second-order valence-corrected chi connectivity index (χ2v) is 4.61. The smallest absolute Gasteiger partial charge is 0.194 e. The maximum Gasteiger partial charge on any atom is 0.194 e. The standard InChI is InChI=1S/C15H16F2O/c16-12-9-6-10-13(17)14(12)15(18)11-7-4-2-1-3-5-8-11/h6-7,9-10H,1-5,8H2/b11-7+. The van der Waals surface area contributed by atoms with Crippen LogP contribution >= 0.6 is 0 Å². The molecule has 0 radical (unpaired) electrons. The molecule has 0 heterocycles. The number of Topliss-reactive ketones (excluding diaryl/α,β-unsaturated/α-hetero) is 1. The van der Waals surface area contributed by atoms with Crippen LogP contribution in [0.4, 0.5) is 8.78 Å². The van der Waals surface area contributed by atoms with E-state index in [1.165, 1.54) is 6.07 Å². The van der Waals surface area contributed by atoms with Crippen molar-refractivity contribution < 1.29 is 13.6 Å². The molecule has 3 heteroatoms. The molecule has 0 aliphatic heterocycles. The Bertz CT molecular complexity index is 457. The highest BCUT2D eigenvalue weighted by atomic mass is 19.1. The minimum atomic E-state index is -0.775. The van der Waals surface area contributed by atoms with Gasteiger partial charge in [-0.3, -0.25) is 4.79 Å². The second-order valence-electron chi connectivity index (χ2n) is 4.61. The molecule has 0 amide bonds. The van der Waals surface area contributed by atoms with Crippen molar-refractivity contribution in [3.8, 4) is 0 Å². The molecule has 0 bridgehead atoms. The number of halogens is 2. The maximum absolute atomic E-state index is 13.5. The third kappa shape index (κ3) is 2.84. The van der Waals surface area contributed by atoms with Crippen LogP contribution in [-0.4, -0.2) is 5.78 Å². The minimum absolute atomic E-state index is 0.413. The molecule has 0 fully saturated rings. The van der Waals surface area contributed by atoms with Crippen LogP contribution in [0.25, 0.3) is 0 Å². The summed E-state index contributed by atoms with van der Waals surface area (Å²) in [5.74, 6) is -2.04. The Kier molecular flexibility index (Phi) is 4.24. The van der Waals surface area contributed by atoms with Crippen LogP contribution in [0.5, 0.6) is 0 Å². The summed E-state index contributed by atoms with van der Waals surface area (Å²) >= 11 is 0. The summed E-state index contributed by atoms with van der Waals surface area (Å²) < 4.78 is 27.1. The lowest BCUT2D eigenvalue weighted by atomic mass is 9.93. The molecule has 0 spiro atoms. The molecular formula is C15H16F2O. The SMILES string of the molecule is O=C(/C1=C/CCCCCC1)c1c(F)cccc1F. The molecule has 1 aromatic carbocycles. The zero-order chi connectivity index (χ0) is 13.0. The van der Waals surface area contributed by atoms with E-state index in [4.69, 9.17) is 0 Å². The number of benzene rings is 1. The molecule has 1 nitrogen and oxygen atoms in total. The summed E-state index contributed by atoms with van der Waals surface area (Å²) in [6, 6.07) is 3.52. The van der Waals surface area contributed by atoms with Crippen molar-refractivity contribution in [1.82, 2.24) is 0 Å². The van der Waals surface area contributed by atoms with Crippen molar-refractivity contribution in [1.29, 1.82) is 0 Å². The fourth-order valence-electron chi connectivity index (χ4n) is 2.27. The number of rotatable bonds is 2. The van der Waals surface area contributed by atoms with Crippen LogP contribution in [0.2, 0.25) is 0 Å². The normalized spacial score (nSPS) is 19.6. The van der Waals surface area contributed by atoms with Crippen molar-refractivity contribution in [2.45, 2.75) is 38.5 Å². The van der Waals surface area contributed by atoms with Crippen molar-refractivity contribution in [2.24, 2.45) is 0 Å². The van der Waals surface area contributed by atoms with Gasteiger partial charge < -0.3 is 0 Å². The number of carbonyl (C=O) groups is 1. The summed E-state index contributed by atoms with van der Waals surface area (Å²) in [5.41, 5.74) is 0.142. The van der Waals surface area contributed by atoms with Crippen LogP contribution in [-0.2, 0) is 0 Å². The van der Waals surface area contributed by atoms with Gasteiger partial charge in [0.25, 0.3) is 0 Å². The fourth-order valence-corrected chi connectivity index (χ4v) is 2.27. The third-order valence-electron chi connectivity index (χ3n) is 3.27. The van der Waals surface area contributed by atoms with E-state index in [0.717, 1.165) is 44.2 Å². The largest absolute Gasteiger partial charge is 0.289 e. The van der Waals surface area contributed by atoms with Gasteiger partial charge >= 0.3 is 0 Å². The van der Waals surface area contributed by atoms with E-state index in [0.29, 0.717) is 12.0 Å². The van der Waals surface area contributed by atoms with E-state index in [1.54, 1.807) is 0 Å².